The Morgan fingerprint density at radius 3 is 2.63 bits per heavy atom. The molecular weight excluding hydrogens is 576 g/mol. The first-order valence-corrected chi connectivity index (χ1v) is 15.2. The highest BCUT2D eigenvalue weighted by Gasteiger charge is 2.60. The van der Waals surface area contributed by atoms with Crippen LogP contribution < -0.4 is 19.9 Å². The lowest BCUT2D eigenvalue weighted by molar-refractivity contribution is -0.150. The minimum atomic E-state index is -0.909. The molecule has 4 N–H and O–H groups in total. The number of thioether (sulfide) groups is 1. The van der Waals surface area contributed by atoms with Crippen LogP contribution in [0.2, 0.25) is 0 Å². The molecule has 1 saturated heterocycles. The molecule has 12 nitrogen and oxygen atoms in total. The van der Waals surface area contributed by atoms with Crippen LogP contribution in [0.4, 0.5) is 0 Å². The second kappa shape index (κ2) is 9.92. The Balaban J connectivity index is 1.56. The molecule has 5 aliphatic rings. The summed E-state index contributed by atoms with van der Waals surface area (Å²) in [4.78, 5) is 29.6. The van der Waals surface area contributed by atoms with E-state index in [-0.39, 0.29) is 36.7 Å². The van der Waals surface area contributed by atoms with Crippen molar-refractivity contribution in [2.45, 2.75) is 68.7 Å². The minimum Gasteiger partial charge on any atom is -0.504 e. The number of phenols is 2. The van der Waals surface area contributed by atoms with E-state index in [1.54, 1.807) is 13.8 Å². The van der Waals surface area contributed by atoms with E-state index in [1.165, 1.54) is 18.7 Å². The third-order valence-corrected chi connectivity index (χ3v) is 10.9. The van der Waals surface area contributed by atoms with Crippen LogP contribution in [-0.4, -0.2) is 82.3 Å². The molecule has 43 heavy (non-hydrogen) atoms. The van der Waals surface area contributed by atoms with Crippen molar-refractivity contribution >= 4 is 23.7 Å². The summed E-state index contributed by atoms with van der Waals surface area (Å²) in [5.74, 6) is -0.0225. The van der Waals surface area contributed by atoms with Gasteiger partial charge in [-0.2, -0.15) is 5.26 Å². The summed E-state index contributed by atoms with van der Waals surface area (Å²) < 4.78 is 23.6. The maximum atomic E-state index is 12.9. The molecule has 226 valence electrons. The number of piperazine rings is 1. The van der Waals surface area contributed by atoms with Gasteiger partial charge in [0.15, 0.2) is 23.0 Å². The van der Waals surface area contributed by atoms with Gasteiger partial charge >= 0.3 is 11.9 Å². The number of hydrogen-bond acceptors (Lipinski definition) is 13. The standard InChI is InChI=1S/C30H32N4O8S/c1-11-5-14-6-16-17(7-31)34-18-8-39-30(38)15(32)9-43-29(23(34)22(33(16)4)19(14)25(37)24(11)36)21-20(18)28-27(40-10-41-28)12(2)26(21)42-13(3)35/h5,15-18,22-23,29,36-37H,6,8-10,32H2,1-4H3/t15?,16-,17-,18-,22+,23?,29+/m0/s1. The molecular formula is C30H32N4O8S. The molecule has 5 heterocycles. The highest BCUT2D eigenvalue weighted by atomic mass is 32.2. The number of nitrogens with two attached hydrogens (primary N) is 1. The van der Waals surface area contributed by atoms with Crippen LogP contribution in [0.5, 0.6) is 28.7 Å². The Morgan fingerprint density at radius 2 is 1.91 bits per heavy atom. The number of likely N-dealkylation sites (N-methyl/N-ethyl adjacent to an activating group) is 1. The third kappa shape index (κ3) is 3.86. The van der Waals surface area contributed by atoms with Crippen molar-refractivity contribution in [2.24, 2.45) is 5.73 Å². The van der Waals surface area contributed by atoms with Gasteiger partial charge in [-0.05, 0) is 38.4 Å². The van der Waals surface area contributed by atoms with Crippen molar-refractivity contribution < 1.29 is 38.7 Å². The number of esters is 2. The van der Waals surface area contributed by atoms with Gasteiger partial charge in [-0.25, -0.2) is 0 Å². The Morgan fingerprint density at radius 1 is 1.16 bits per heavy atom. The van der Waals surface area contributed by atoms with E-state index >= 15 is 0 Å². The van der Waals surface area contributed by atoms with Crippen LogP contribution in [0.25, 0.3) is 0 Å². The molecule has 2 aromatic rings. The van der Waals surface area contributed by atoms with Gasteiger partial charge in [-0.1, -0.05) is 6.07 Å². The highest BCUT2D eigenvalue weighted by molar-refractivity contribution is 7.99. The van der Waals surface area contributed by atoms with Gasteiger partial charge < -0.3 is 34.9 Å². The van der Waals surface area contributed by atoms with Crippen LogP contribution >= 0.6 is 11.8 Å². The van der Waals surface area contributed by atoms with E-state index in [2.05, 4.69) is 15.9 Å². The number of ether oxygens (including phenoxy) is 4. The van der Waals surface area contributed by atoms with E-state index < -0.39 is 47.4 Å². The predicted octanol–water partition coefficient (Wildman–Crippen LogP) is 2.26. The first kappa shape index (κ1) is 28.1. The number of rotatable bonds is 1. The maximum absolute atomic E-state index is 12.9. The first-order chi connectivity index (χ1) is 20.5. The molecule has 0 aromatic heterocycles. The largest absolute Gasteiger partial charge is 0.504 e. The fourth-order valence-corrected chi connectivity index (χ4v) is 9.17. The number of aromatic hydroxyl groups is 2. The number of cyclic esters (lactones) is 1. The van der Waals surface area contributed by atoms with Crippen molar-refractivity contribution in [3.8, 4) is 34.8 Å². The number of fused-ring (bicyclic) bond motifs is 9. The van der Waals surface area contributed by atoms with Crippen molar-refractivity contribution in [1.29, 1.82) is 5.26 Å². The van der Waals surface area contributed by atoms with Gasteiger partial charge in [-0.15, -0.1) is 11.8 Å². The maximum Gasteiger partial charge on any atom is 0.323 e. The number of carbonyl (C=O) groups excluding carboxylic acids is 2. The van der Waals surface area contributed by atoms with Gasteiger partial charge in [0, 0.05) is 47.0 Å². The van der Waals surface area contributed by atoms with Crippen LogP contribution in [0, 0.1) is 25.2 Å². The lowest BCUT2D eigenvalue weighted by atomic mass is 9.71. The zero-order chi connectivity index (χ0) is 30.5. The van der Waals surface area contributed by atoms with Crippen molar-refractivity contribution in [2.75, 3.05) is 26.2 Å². The Hall–Kier alpha value is -3.70. The number of hydrogen-bond donors (Lipinski definition) is 3. The van der Waals surface area contributed by atoms with Gasteiger partial charge in [0.1, 0.15) is 24.4 Å². The number of carbonyl (C=O) groups is 2. The van der Waals surface area contributed by atoms with Crippen molar-refractivity contribution in [1.82, 2.24) is 9.80 Å². The Bertz CT molecular complexity index is 1620. The molecule has 7 rings (SSSR count). The summed E-state index contributed by atoms with van der Waals surface area (Å²) in [6, 6.07) is 0.909. The Kier molecular flexibility index (Phi) is 6.48. The molecule has 5 aliphatic heterocycles. The zero-order valence-electron chi connectivity index (χ0n) is 24.1. The predicted molar refractivity (Wildman–Crippen MR) is 153 cm³/mol. The SMILES string of the molecule is CC(=O)Oc1c(C)c2c(c3c1[C@H]1SCC(N)C(=O)OC[C@@H]3N3C1[C@H]1c4c(cc(C)c(O)c4O)C[C@@H]([C@@H]3C#N)N1C)OCO2. The monoisotopic (exact) mass is 608 g/mol. The lowest BCUT2D eigenvalue weighted by Crippen LogP contribution is -2.69. The topological polar surface area (TPSA) is 168 Å². The third-order valence-electron chi connectivity index (χ3n) is 9.51. The fourth-order valence-electron chi connectivity index (χ4n) is 7.73. The first-order valence-electron chi connectivity index (χ1n) is 14.2. The van der Waals surface area contributed by atoms with E-state index in [4.69, 9.17) is 24.7 Å². The second-order valence-corrected chi connectivity index (χ2v) is 13.0. The summed E-state index contributed by atoms with van der Waals surface area (Å²) in [5, 5.41) is 32.5. The van der Waals surface area contributed by atoms with E-state index in [0.717, 1.165) is 5.56 Å². The van der Waals surface area contributed by atoms with Crippen LogP contribution in [0.1, 0.15) is 57.6 Å². The number of phenolic OH excluding ortho intramolecular Hbond substituents is 2. The quantitative estimate of drug-likeness (QED) is 0.245. The molecule has 0 amide bonds. The zero-order valence-corrected chi connectivity index (χ0v) is 24.9. The van der Waals surface area contributed by atoms with Gasteiger partial charge in [0.2, 0.25) is 6.79 Å². The van der Waals surface area contributed by atoms with Gasteiger partial charge in [0.25, 0.3) is 0 Å². The van der Waals surface area contributed by atoms with Gasteiger partial charge in [-0.3, -0.25) is 19.4 Å². The molecule has 2 unspecified atom stereocenters. The summed E-state index contributed by atoms with van der Waals surface area (Å²) in [7, 11) is 1.93. The summed E-state index contributed by atoms with van der Waals surface area (Å²) in [6.45, 7) is 4.70. The van der Waals surface area contributed by atoms with Crippen molar-refractivity contribution in [3.05, 3.63) is 39.4 Å². The molecule has 7 atom stereocenters. The molecule has 0 aliphatic carbocycles. The molecule has 13 heteroatoms. The molecule has 2 aromatic carbocycles. The van der Waals surface area contributed by atoms with E-state index in [1.807, 2.05) is 13.1 Å². The van der Waals surface area contributed by atoms with Crippen LogP contribution in [0.3, 0.4) is 0 Å². The summed E-state index contributed by atoms with van der Waals surface area (Å²) >= 11 is 1.41. The smallest absolute Gasteiger partial charge is 0.323 e. The number of benzene rings is 2. The number of nitriles is 1. The van der Waals surface area contributed by atoms with E-state index in [9.17, 15) is 25.1 Å². The number of aryl methyl sites for hydroxylation is 1. The highest BCUT2D eigenvalue weighted by Crippen LogP contribution is 2.63. The number of nitrogens with zero attached hydrogens (tertiary/aromatic N) is 3. The minimum absolute atomic E-state index is 0.0414. The average Bonchev–Trinajstić information content (AvgIpc) is 3.46. The second-order valence-electron chi connectivity index (χ2n) is 11.8. The summed E-state index contributed by atoms with van der Waals surface area (Å²) in [5.41, 5.74) is 10.2. The molecule has 0 spiro atoms. The lowest BCUT2D eigenvalue weighted by Gasteiger charge is -2.61. The Labute approximate surface area is 252 Å². The normalized spacial score (nSPS) is 30.9. The summed E-state index contributed by atoms with van der Waals surface area (Å²) in [6.07, 6.45) is 0.463. The molecule has 0 saturated carbocycles. The molecule has 4 bridgehead atoms. The molecule has 0 radical (unpaired) electrons. The van der Waals surface area contributed by atoms with Crippen LogP contribution in [-0.2, 0) is 20.7 Å². The average molecular weight is 609 g/mol. The molecule has 1 fully saturated rings. The van der Waals surface area contributed by atoms with Crippen molar-refractivity contribution in [3.63, 3.8) is 0 Å². The fraction of sp³-hybridized carbons (Fsp3) is 0.500. The van der Waals surface area contributed by atoms with E-state index in [0.29, 0.717) is 51.5 Å². The van der Waals surface area contributed by atoms with Gasteiger partial charge in [0.05, 0.1) is 23.4 Å². The van der Waals surface area contributed by atoms with Crippen LogP contribution in [0.15, 0.2) is 6.07 Å².